The van der Waals surface area contributed by atoms with Gasteiger partial charge in [-0.25, -0.2) is 0 Å². The zero-order valence-electron chi connectivity index (χ0n) is 14.8. The van der Waals surface area contributed by atoms with E-state index in [-0.39, 0.29) is 11.9 Å². The Morgan fingerprint density at radius 3 is 2.35 bits per heavy atom. The zero-order chi connectivity index (χ0) is 17.9. The van der Waals surface area contributed by atoms with E-state index in [0.717, 1.165) is 16.5 Å². The Morgan fingerprint density at radius 2 is 1.50 bits per heavy atom. The van der Waals surface area contributed by atoms with Gasteiger partial charge in [0.1, 0.15) is 0 Å². The minimum Gasteiger partial charge on any atom is -0.349 e. The summed E-state index contributed by atoms with van der Waals surface area (Å²) in [5, 5.41) is 7.85. The molecule has 0 radical (unpaired) electrons. The van der Waals surface area contributed by atoms with Crippen LogP contribution in [-0.4, -0.2) is 5.91 Å². The molecular formula is C24H21NO. The fraction of sp³-hybridized carbons (Fsp3) is 0.125. The first-order chi connectivity index (χ1) is 12.7. The monoisotopic (exact) mass is 339 g/mol. The van der Waals surface area contributed by atoms with Crippen LogP contribution in [0.2, 0.25) is 0 Å². The van der Waals surface area contributed by atoms with E-state index in [4.69, 9.17) is 0 Å². The van der Waals surface area contributed by atoms with Gasteiger partial charge in [0.2, 0.25) is 5.91 Å². The third-order valence-corrected chi connectivity index (χ3v) is 4.88. The predicted octanol–water partition coefficient (Wildman–Crippen LogP) is 5.41. The molecule has 1 amide bonds. The van der Waals surface area contributed by atoms with Crippen molar-refractivity contribution in [2.45, 2.75) is 19.4 Å². The predicted molar refractivity (Wildman–Crippen MR) is 108 cm³/mol. The fourth-order valence-electron chi connectivity index (χ4n) is 3.47. The van der Waals surface area contributed by atoms with Crippen molar-refractivity contribution in [2.24, 2.45) is 0 Å². The summed E-state index contributed by atoms with van der Waals surface area (Å²) in [5.41, 5.74) is 2.18. The minimum atomic E-state index is -0.0258. The highest BCUT2D eigenvalue weighted by atomic mass is 16.1. The molecular weight excluding hydrogens is 318 g/mol. The Kier molecular flexibility index (Phi) is 4.40. The number of amides is 1. The molecule has 2 nitrogen and oxygen atoms in total. The lowest BCUT2D eigenvalue weighted by atomic mass is 10.0. The summed E-state index contributed by atoms with van der Waals surface area (Å²) in [6.45, 7) is 2.03. The van der Waals surface area contributed by atoms with Gasteiger partial charge in [0.15, 0.2) is 0 Å². The number of hydrogen-bond acceptors (Lipinski definition) is 1. The third-order valence-electron chi connectivity index (χ3n) is 4.88. The topological polar surface area (TPSA) is 29.1 Å². The normalized spacial score (nSPS) is 12.2. The fourth-order valence-corrected chi connectivity index (χ4v) is 3.47. The summed E-state index contributed by atoms with van der Waals surface area (Å²) >= 11 is 0. The van der Waals surface area contributed by atoms with Gasteiger partial charge >= 0.3 is 0 Å². The lowest BCUT2D eigenvalue weighted by molar-refractivity contribution is -0.121. The van der Waals surface area contributed by atoms with Crippen LogP contribution in [0.1, 0.15) is 24.1 Å². The molecule has 0 saturated carbocycles. The number of nitrogens with one attached hydrogen (secondary N) is 1. The number of carbonyl (C=O) groups excluding carboxylic acids is 1. The molecule has 0 saturated heterocycles. The first kappa shape index (κ1) is 16.3. The molecule has 1 N–H and O–H groups in total. The third kappa shape index (κ3) is 3.31. The summed E-state index contributed by atoms with van der Waals surface area (Å²) in [6.07, 6.45) is 0.388. The summed E-state index contributed by atoms with van der Waals surface area (Å²) in [4.78, 5) is 12.6. The molecule has 1 atom stereocenters. The van der Waals surface area contributed by atoms with Gasteiger partial charge < -0.3 is 5.32 Å². The highest BCUT2D eigenvalue weighted by Gasteiger charge is 2.12. The standard InChI is InChI=1S/C24H21NO/c1-17(20-14-13-18-7-2-3-9-21(18)15-20)25-24(26)16-22-11-6-10-19-8-4-5-12-23(19)22/h2-15,17H,16H2,1H3,(H,25,26)/t17-/m1/s1. The number of benzene rings is 4. The van der Waals surface area contributed by atoms with E-state index in [2.05, 4.69) is 53.8 Å². The maximum Gasteiger partial charge on any atom is 0.224 e. The van der Waals surface area contributed by atoms with Crippen molar-refractivity contribution >= 4 is 27.5 Å². The quantitative estimate of drug-likeness (QED) is 0.529. The maximum atomic E-state index is 12.6. The van der Waals surface area contributed by atoms with Crippen LogP contribution in [0.15, 0.2) is 84.9 Å². The molecule has 0 heterocycles. The van der Waals surface area contributed by atoms with E-state index in [1.54, 1.807) is 0 Å². The first-order valence-corrected chi connectivity index (χ1v) is 8.95. The van der Waals surface area contributed by atoms with Gasteiger partial charge in [-0.2, -0.15) is 0 Å². The average Bonchev–Trinajstić information content (AvgIpc) is 2.68. The lowest BCUT2D eigenvalue weighted by Crippen LogP contribution is -2.28. The number of carbonyl (C=O) groups is 1. The maximum absolute atomic E-state index is 12.6. The van der Waals surface area contributed by atoms with E-state index in [9.17, 15) is 4.79 Å². The number of hydrogen-bond donors (Lipinski definition) is 1. The molecule has 0 aliphatic carbocycles. The molecule has 0 spiro atoms. The summed E-state index contributed by atoms with van der Waals surface area (Å²) in [5.74, 6) is 0.0435. The second-order valence-electron chi connectivity index (χ2n) is 6.71. The van der Waals surface area contributed by atoms with E-state index in [0.29, 0.717) is 6.42 Å². The van der Waals surface area contributed by atoms with Crippen molar-refractivity contribution in [1.29, 1.82) is 0 Å². The number of fused-ring (bicyclic) bond motifs is 2. The molecule has 4 aromatic carbocycles. The molecule has 0 fully saturated rings. The molecule has 2 heteroatoms. The van der Waals surface area contributed by atoms with E-state index in [1.165, 1.54) is 16.2 Å². The highest BCUT2D eigenvalue weighted by molar-refractivity contribution is 5.90. The van der Waals surface area contributed by atoms with Crippen LogP contribution in [0.3, 0.4) is 0 Å². The van der Waals surface area contributed by atoms with Crippen LogP contribution in [0, 0.1) is 0 Å². The minimum absolute atomic E-state index is 0.0258. The van der Waals surface area contributed by atoms with E-state index in [1.807, 2.05) is 43.3 Å². The molecule has 0 unspecified atom stereocenters. The van der Waals surface area contributed by atoms with Gasteiger partial charge in [-0.1, -0.05) is 78.9 Å². The van der Waals surface area contributed by atoms with E-state index < -0.39 is 0 Å². The van der Waals surface area contributed by atoms with Gasteiger partial charge in [-0.05, 0) is 45.7 Å². The van der Waals surface area contributed by atoms with Crippen molar-refractivity contribution in [3.63, 3.8) is 0 Å². The zero-order valence-corrected chi connectivity index (χ0v) is 14.8. The molecule has 26 heavy (non-hydrogen) atoms. The van der Waals surface area contributed by atoms with Crippen molar-refractivity contribution in [2.75, 3.05) is 0 Å². The Bertz CT molecular complexity index is 1080. The van der Waals surface area contributed by atoms with Gasteiger partial charge in [-0.3, -0.25) is 4.79 Å². The van der Waals surface area contributed by atoms with Crippen LogP contribution in [-0.2, 0) is 11.2 Å². The summed E-state index contributed by atoms with van der Waals surface area (Å²) in [7, 11) is 0. The largest absolute Gasteiger partial charge is 0.349 e. The Labute approximate surface area is 153 Å². The smallest absolute Gasteiger partial charge is 0.224 e. The van der Waals surface area contributed by atoms with Crippen LogP contribution in [0.25, 0.3) is 21.5 Å². The molecule has 4 aromatic rings. The summed E-state index contributed by atoms with van der Waals surface area (Å²) in [6, 6.07) is 28.9. The Morgan fingerprint density at radius 1 is 0.808 bits per heavy atom. The van der Waals surface area contributed by atoms with Crippen molar-refractivity contribution in [1.82, 2.24) is 5.32 Å². The van der Waals surface area contributed by atoms with Crippen molar-refractivity contribution in [3.8, 4) is 0 Å². The molecule has 0 aromatic heterocycles. The Balaban J connectivity index is 1.51. The molecule has 4 rings (SSSR count). The van der Waals surface area contributed by atoms with Crippen LogP contribution in [0.4, 0.5) is 0 Å². The average molecular weight is 339 g/mol. The van der Waals surface area contributed by atoms with Crippen LogP contribution in [0.5, 0.6) is 0 Å². The summed E-state index contributed by atoms with van der Waals surface area (Å²) < 4.78 is 0. The molecule has 0 bridgehead atoms. The molecule has 128 valence electrons. The van der Waals surface area contributed by atoms with Gasteiger partial charge in [0.05, 0.1) is 12.5 Å². The Hall–Kier alpha value is -3.13. The second-order valence-corrected chi connectivity index (χ2v) is 6.71. The van der Waals surface area contributed by atoms with Gasteiger partial charge in [0.25, 0.3) is 0 Å². The molecule has 0 aliphatic rings. The number of rotatable bonds is 4. The van der Waals surface area contributed by atoms with Crippen molar-refractivity contribution in [3.05, 3.63) is 96.1 Å². The molecule has 0 aliphatic heterocycles. The van der Waals surface area contributed by atoms with Gasteiger partial charge in [0, 0.05) is 0 Å². The van der Waals surface area contributed by atoms with E-state index >= 15 is 0 Å². The first-order valence-electron chi connectivity index (χ1n) is 8.95. The van der Waals surface area contributed by atoms with Crippen LogP contribution >= 0.6 is 0 Å². The van der Waals surface area contributed by atoms with Crippen molar-refractivity contribution < 1.29 is 4.79 Å². The highest BCUT2D eigenvalue weighted by Crippen LogP contribution is 2.22. The van der Waals surface area contributed by atoms with Gasteiger partial charge in [-0.15, -0.1) is 0 Å². The van der Waals surface area contributed by atoms with Crippen LogP contribution < -0.4 is 5.32 Å². The SMILES string of the molecule is C[C@@H](NC(=O)Cc1cccc2ccccc12)c1ccc2ccccc2c1. The second kappa shape index (κ2) is 7.01. The lowest BCUT2D eigenvalue weighted by Gasteiger charge is -2.16.